The van der Waals surface area contributed by atoms with Crippen molar-refractivity contribution in [1.82, 2.24) is 9.29 Å². The van der Waals surface area contributed by atoms with Crippen molar-refractivity contribution in [2.45, 2.75) is 18.2 Å². The van der Waals surface area contributed by atoms with Crippen LogP contribution in [0.4, 0.5) is 0 Å². The summed E-state index contributed by atoms with van der Waals surface area (Å²) in [5.74, 6) is 0. The molecule has 0 radical (unpaired) electrons. The molecule has 0 saturated heterocycles. The van der Waals surface area contributed by atoms with E-state index in [4.69, 9.17) is 0 Å². The van der Waals surface area contributed by atoms with E-state index < -0.39 is 10.0 Å². The number of rotatable bonds is 5. The molecule has 2 aromatic rings. The lowest BCUT2D eigenvalue weighted by atomic mass is 10.2. The summed E-state index contributed by atoms with van der Waals surface area (Å²) in [7, 11) is -1.47. The second-order valence-electron chi connectivity index (χ2n) is 4.52. The van der Waals surface area contributed by atoms with E-state index in [1.807, 2.05) is 36.0 Å². The molecule has 0 atom stereocenters. The molecule has 0 bridgehead atoms. The summed E-state index contributed by atoms with van der Waals surface area (Å²) in [6, 6.07) is 10.9. The normalized spacial score (nSPS) is 11.7. The third kappa shape index (κ3) is 3.24. The van der Waals surface area contributed by atoms with Crippen molar-refractivity contribution in [2.75, 3.05) is 6.54 Å². The topological polar surface area (TPSA) is 51.1 Å². The van der Waals surface area contributed by atoms with Gasteiger partial charge in [-0.25, -0.2) is 13.1 Å². The molecule has 1 aromatic heterocycles. The van der Waals surface area contributed by atoms with Gasteiger partial charge >= 0.3 is 0 Å². The maximum atomic E-state index is 12.1. The number of aryl methyl sites for hydroxylation is 2. The highest BCUT2D eigenvalue weighted by atomic mass is 32.2. The summed E-state index contributed by atoms with van der Waals surface area (Å²) >= 11 is 0. The fraction of sp³-hybridized carbons (Fsp3) is 0.286. The van der Waals surface area contributed by atoms with Crippen molar-refractivity contribution in [1.29, 1.82) is 0 Å². The smallest absolute Gasteiger partial charge is 0.240 e. The summed E-state index contributed by atoms with van der Waals surface area (Å²) in [5.41, 5.74) is 1.86. The minimum Gasteiger partial charge on any atom is -0.354 e. The number of nitrogens with one attached hydrogen (secondary N) is 1. The van der Waals surface area contributed by atoms with Crippen LogP contribution in [0.2, 0.25) is 0 Å². The van der Waals surface area contributed by atoms with Crippen LogP contribution in [0.1, 0.15) is 11.3 Å². The third-order valence-electron chi connectivity index (χ3n) is 3.11. The average Bonchev–Trinajstić information content (AvgIpc) is 2.75. The average molecular weight is 278 g/mol. The van der Waals surface area contributed by atoms with Crippen molar-refractivity contribution in [3.63, 3.8) is 0 Å². The lowest BCUT2D eigenvalue weighted by molar-refractivity contribution is 0.580. The zero-order valence-corrected chi connectivity index (χ0v) is 11.9. The minimum atomic E-state index is -3.42. The molecular weight excluding hydrogens is 260 g/mol. The molecule has 1 heterocycles. The highest BCUT2D eigenvalue weighted by Crippen LogP contribution is 2.13. The first-order valence-electron chi connectivity index (χ1n) is 6.16. The number of nitrogens with zero attached hydrogens (tertiary/aromatic N) is 1. The van der Waals surface area contributed by atoms with E-state index in [9.17, 15) is 8.42 Å². The van der Waals surface area contributed by atoms with Crippen molar-refractivity contribution >= 4 is 10.0 Å². The van der Waals surface area contributed by atoms with Gasteiger partial charge in [0.15, 0.2) is 0 Å². The van der Waals surface area contributed by atoms with Crippen LogP contribution in [-0.2, 0) is 23.5 Å². The molecule has 1 aromatic carbocycles. The van der Waals surface area contributed by atoms with Crippen molar-refractivity contribution in [2.24, 2.45) is 7.05 Å². The Balaban J connectivity index is 2.03. The fourth-order valence-corrected chi connectivity index (χ4v) is 3.28. The maximum Gasteiger partial charge on any atom is 0.240 e. The minimum absolute atomic E-state index is 0.349. The first-order valence-corrected chi connectivity index (χ1v) is 7.64. The van der Waals surface area contributed by atoms with Crippen LogP contribution in [0.5, 0.6) is 0 Å². The van der Waals surface area contributed by atoms with E-state index in [1.165, 1.54) is 0 Å². The third-order valence-corrected chi connectivity index (χ3v) is 4.73. The second-order valence-corrected chi connectivity index (χ2v) is 6.26. The van der Waals surface area contributed by atoms with E-state index in [-0.39, 0.29) is 0 Å². The molecule has 19 heavy (non-hydrogen) atoms. The Kier molecular flexibility index (Phi) is 4.07. The summed E-state index contributed by atoms with van der Waals surface area (Å²) < 4.78 is 28.9. The van der Waals surface area contributed by atoms with Gasteiger partial charge in [0, 0.05) is 31.9 Å². The van der Waals surface area contributed by atoms with Gasteiger partial charge in [-0.1, -0.05) is 18.2 Å². The quantitative estimate of drug-likeness (QED) is 0.907. The molecular formula is C14H18N2O2S. The van der Waals surface area contributed by atoms with Gasteiger partial charge in [0.1, 0.15) is 0 Å². The lowest BCUT2D eigenvalue weighted by Gasteiger charge is -2.09. The Bertz CT molecular complexity index is 660. The van der Waals surface area contributed by atoms with Gasteiger partial charge < -0.3 is 4.57 Å². The zero-order chi connectivity index (χ0) is 13.9. The largest absolute Gasteiger partial charge is 0.354 e. The lowest BCUT2D eigenvalue weighted by Crippen LogP contribution is -2.27. The van der Waals surface area contributed by atoms with Gasteiger partial charge in [0.05, 0.1) is 4.90 Å². The van der Waals surface area contributed by atoms with Crippen LogP contribution in [0.25, 0.3) is 0 Å². The van der Waals surface area contributed by atoms with E-state index in [1.54, 1.807) is 25.1 Å². The number of benzene rings is 1. The Hall–Kier alpha value is -1.59. The zero-order valence-electron chi connectivity index (χ0n) is 11.1. The van der Waals surface area contributed by atoms with Crippen molar-refractivity contribution < 1.29 is 8.42 Å². The van der Waals surface area contributed by atoms with Gasteiger partial charge in [0.2, 0.25) is 10.0 Å². The van der Waals surface area contributed by atoms with Crippen LogP contribution in [0, 0.1) is 6.92 Å². The van der Waals surface area contributed by atoms with E-state index in [0.717, 1.165) is 11.3 Å². The standard InChI is InChI=1S/C14H18N2O2S/c1-12-6-3-4-8-14(12)19(17,18)15-10-9-13-7-5-11-16(13)2/h3-8,11,15H,9-10H2,1-2H3. The molecule has 5 heteroatoms. The molecule has 0 aliphatic heterocycles. The van der Waals surface area contributed by atoms with Gasteiger partial charge in [-0.05, 0) is 30.7 Å². The van der Waals surface area contributed by atoms with Crippen LogP contribution < -0.4 is 4.72 Å². The fourth-order valence-electron chi connectivity index (χ4n) is 2.01. The first kappa shape index (κ1) is 13.8. The summed E-state index contributed by atoms with van der Waals surface area (Å²) in [6.07, 6.45) is 2.62. The summed E-state index contributed by atoms with van der Waals surface area (Å²) in [5, 5.41) is 0. The highest BCUT2D eigenvalue weighted by molar-refractivity contribution is 7.89. The molecule has 0 aliphatic carbocycles. The van der Waals surface area contributed by atoms with Gasteiger partial charge in [-0.15, -0.1) is 0 Å². The predicted molar refractivity (Wildman–Crippen MR) is 75.5 cm³/mol. The first-order chi connectivity index (χ1) is 9.00. The second kappa shape index (κ2) is 5.59. The van der Waals surface area contributed by atoms with Crippen molar-refractivity contribution in [3.05, 3.63) is 53.9 Å². The molecule has 1 N–H and O–H groups in total. The SMILES string of the molecule is Cc1ccccc1S(=O)(=O)NCCc1cccn1C. The molecule has 0 aliphatic rings. The highest BCUT2D eigenvalue weighted by Gasteiger charge is 2.15. The Morgan fingerprint density at radius 2 is 1.89 bits per heavy atom. The number of hydrogen-bond donors (Lipinski definition) is 1. The summed E-state index contributed by atoms with van der Waals surface area (Å²) in [6.45, 7) is 2.19. The van der Waals surface area contributed by atoms with Gasteiger partial charge in [-0.3, -0.25) is 0 Å². The van der Waals surface area contributed by atoms with Gasteiger partial charge in [-0.2, -0.15) is 0 Å². The number of sulfonamides is 1. The van der Waals surface area contributed by atoms with E-state index in [0.29, 0.717) is 17.9 Å². The van der Waals surface area contributed by atoms with Crippen LogP contribution in [-0.4, -0.2) is 19.5 Å². The van der Waals surface area contributed by atoms with Crippen LogP contribution in [0.15, 0.2) is 47.5 Å². The molecule has 0 fully saturated rings. The monoisotopic (exact) mass is 278 g/mol. The Morgan fingerprint density at radius 1 is 1.16 bits per heavy atom. The molecule has 0 amide bonds. The molecule has 102 valence electrons. The van der Waals surface area contributed by atoms with Crippen molar-refractivity contribution in [3.8, 4) is 0 Å². The summed E-state index contributed by atoms with van der Waals surface area (Å²) in [4.78, 5) is 0.349. The van der Waals surface area contributed by atoms with Crippen LogP contribution in [0.3, 0.4) is 0 Å². The van der Waals surface area contributed by atoms with Crippen LogP contribution >= 0.6 is 0 Å². The Labute approximate surface area is 114 Å². The molecule has 0 spiro atoms. The molecule has 0 unspecified atom stereocenters. The number of aromatic nitrogens is 1. The predicted octanol–water partition coefficient (Wildman–Crippen LogP) is 1.85. The molecule has 0 saturated carbocycles. The Morgan fingerprint density at radius 3 is 2.53 bits per heavy atom. The van der Waals surface area contributed by atoms with E-state index >= 15 is 0 Å². The molecule has 4 nitrogen and oxygen atoms in total. The molecule has 2 rings (SSSR count). The van der Waals surface area contributed by atoms with Gasteiger partial charge in [0.25, 0.3) is 0 Å². The maximum absolute atomic E-state index is 12.1. The number of hydrogen-bond acceptors (Lipinski definition) is 2. The van der Waals surface area contributed by atoms with E-state index in [2.05, 4.69) is 4.72 Å².